The van der Waals surface area contributed by atoms with Crippen molar-refractivity contribution in [3.8, 4) is 0 Å². The van der Waals surface area contributed by atoms with Crippen LogP contribution in [0.2, 0.25) is 0 Å². The summed E-state index contributed by atoms with van der Waals surface area (Å²) in [6, 6.07) is 19.1. The van der Waals surface area contributed by atoms with Crippen LogP contribution in [0.4, 0.5) is 0 Å². The van der Waals surface area contributed by atoms with Crippen molar-refractivity contribution in [2.75, 3.05) is 13.1 Å². The lowest BCUT2D eigenvalue weighted by Crippen LogP contribution is -2.49. The normalized spacial score (nSPS) is 20.6. The van der Waals surface area contributed by atoms with E-state index in [2.05, 4.69) is 21.3 Å². The Bertz CT molecular complexity index is 1910. The third-order valence-corrected chi connectivity index (χ3v) is 10.3. The number of fused-ring (bicyclic) bond motifs is 2. The molecule has 6 rings (SSSR count). The Hall–Kier alpha value is -4.97. The molecule has 2 aliphatic carbocycles. The number of aliphatic hydroxyl groups excluding tert-OH is 1. The number of amides is 4. The fraction of sp³-hybridized carbons (Fsp3) is 0.475. The van der Waals surface area contributed by atoms with Crippen LogP contribution in [0.15, 0.2) is 60.7 Å². The Morgan fingerprint density at radius 2 is 1.12 bits per heavy atom. The molecule has 12 heteroatoms. The molecule has 278 valence electrons. The van der Waals surface area contributed by atoms with Crippen LogP contribution in [-0.2, 0) is 28.5 Å². The highest BCUT2D eigenvalue weighted by Gasteiger charge is 2.34. The van der Waals surface area contributed by atoms with Gasteiger partial charge in [-0.15, -0.1) is 0 Å². The zero-order valence-electron chi connectivity index (χ0n) is 30.6. The van der Waals surface area contributed by atoms with Gasteiger partial charge >= 0.3 is 0 Å². The van der Waals surface area contributed by atoms with Crippen LogP contribution in [0.3, 0.4) is 0 Å². The van der Waals surface area contributed by atoms with Gasteiger partial charge in [-0.1, -0.05) is 62.1 Å². The first-order valence-electron chi connectivity index (χ1n) is 18.4. The van der Waals surface area contributed by atoms with Gasteiger partial charge in [-0.3, -0.25) is 24.0 Å². The van der Waals surface area contributed by atoms with Crippen molar-refractivity contribution in [2.24, 2.45) is 25.9 Å². The minimum Gasteiger partial charge on any atom is -0.392 e. The number of aryl methyl sites for hydroxylation is 2. The Morgan fingerprint density at radius 1 is 0.692 bits per heavy atom. The maximum atomic E-state index is 12.8. The van der Waals surface area contributed by atoms with Gasteiger partial charge in [-0.2, -0.15) is 0 Å². The van der Waals surface area contributed by atoms with Crippen LogP contribution in [0, 0.1) is 11.8 Å². The van der Waals surface area contributed by atoms with E-state index in [1.54, 1.807) is 6.92 Å². The number of carbonyl (C=O) groups excluding carboxylic acids is 5. The quantitative estimate of drug-likeness (QED) is 0.166. The summed E-state index contributed by atoms with van der Waals surface area (Å²) in [6.45, 7) is 3.36. The summed E-state index contributed by atoms with van der Waals surface area (Å²) in [5.74, 6) is -1.17. The summed E-state index contributed by atoms with van der Waals surface area (Å²) in [4.78, 5) is 61.6. The predicted octanol–water partition coefficient (Wildman–Crippen LogP) is 4.14. The Balaban J connectivity index is 0.000000201. The number of hydrogen-bond donors (Lipinski definition) is 5. The number of hydrogen-bond acceptors (Lipinski definition) is 6. The average molecular weight is 713 g/mol. The number of para-hydroxylation sites is 2. The van der Waals surface area contributed by atoms with Crippen LogP contribution in [0.5, 0.6) is 0 Å². The number of ketones is 1. The zero-order valence-corrected chi connectivity index (χ0v) is 30.6. The number of carbonyl (C=O) groups is 5. The van der Waals surface area contributed by atoms with E-state index in [1.807, 2.05) is 83.9 Å². The minimum absolute atomic E-state index is 0.0409. The molecule has 2 saturated carbocycles. The van der Waals surface area contributed by atoms with Crippen molar-refractivity contribution >= 4 is 51.2 Å². The largest absolute Gasteiger partial charge is 0.392 e. The lowest BCUT2D eigenvalue weighted by molar-refractivity contribution is -0.129. The summed E-state index contributed by atoms with van der Waals surface area (Å²) >= 11 is 0. The van der Waals surface area contributed by atoms with Gasteiger partial charge < -0.3 is 35.5 Å². The summed E-state index contributed by atoms with van der Waals surface area (Å²) in [5.41, 5.74) is 3.18. The highest BCUT2D eigenvalue weighted by molar-refractivity contribution is 6.00. The van der Waals surface area contributed by atoms with E-state index in [1.165, 1.54) is 6.92 Å². The van der Waals surface area contributed by atoms with Gasteiger partial charge in [0.25, 0.3) is 11.8 Å². The van der Waals surface area contributed by atoms with Crippen molar-refractivity contribution in [1.29, 1.82) is 0 Å². The number of Topliss-reactive ketones (excluding diaryl/α,β-unsaturated/α-hetero) is 1. The molecule has 52 heavy (non-hydrogen) atoms. The van der Waals surface area contributed by atoms with Crippen LogP contribution in [0.1, 0.15) is 86.2 Å². The lowest BCUT2D eigenvalue weighted by atomic mass is 9.83. The summed E-state index contributed by atoms with van der Waals surface area (Å²) < 4.78 is 3.76. The average Bonchev–Trinajstić information content (AvgIpc) is 3.66. The number of nitrogens with one attached hydrogen (secondary N) is 4. The van der Waals surface area contributed by atoms with Gasteiger partial charge in [-0.25, -0.2) is 0 Å². The molecule has 0 saturated heterocycles. The summed E-state index contributed by atoms with van der Waals surface area (Å²) in [7, 11) is 3.75. The maximum Gasteiger partial charge on any atom is 0.268 e. The fourth-order valence-corrected chi connectivity index (χ4v) is 7.46. The van der Waals surface area contributed by atoms with Crippen molar-refractivity contribution in [3.05, 3.63) is 72.1 Å². The number of nitrogens with zero attached hydrogens (tertiary/aromatic N) is 2. The van der Waals surface area contributed by atoms with Crippen LogP contribution in [-0.4, -0.2) is 74.9 Å². The van der Waals surface area contributed by atoms with Crippen molar-refractivity contribution < 1.29 is 29.1 Å². The molecule has 2 heterocycles. The van der Waals surface area contributed by atoms with Crippen molar-refractivity contribution in [3.63, 3.8) is 0 Å². The zero-order chi connectivity index (χ0) is 37.4. The van der Waals surface area contributed by atoms with Crippen LogP contribution >= 0.6 is 0 Å². The predicted molar refractivity (Wildman–Crippen MR) is 201 cm³/mol. The van der Waals surface area contributed by atoms with E-state index in [9.17, 15) is 29.1 Å². The number of aliphatic hydroxyl groups is 1. The van der Waals surface area contributed by atoms with E-state index in [0.717, 1.165) is 73.2 Å². The topological polar surface area (TPSA) is 164 Å². The van der Waals surface area contributed by atoms with Gasteiger partial charge in [0.2, 0.25) is 11.8 Å². The van der Waals surface area contributed by atoms with E-state index in [-0.39, 0.29) is 66.4 Å². The fourth-order valence-electron chi connectivity index (χ4n) is 7.46. The minimum atomic E-state index is -0.577. The molecule has 12 nitrogen and oxygen atoms in total. The second-order valence-electron chi connectivity index (χ2n) is 14.3. The SMILES string of the molecule is CC(=O)CNC(=O)[C@@H]1CCCC[C@@H]1NC(=O)c1cc2ccccc2n1C.C[C@@H](O)CNC(=O)[C@@H]1CCCC[C@@H]1NC(=O)c1cc2ccccc2n1C. The molecule has 0 unspecified atom stereocenters. The van der Waals surface area contributed by atoms with Gasteiger partial charge in [0.15, 0.2) is 0 Å². The van der Waals surface area contributed by atoms with Gasteiger partial charge in [0.1, 0.15) is 17.2 Å². The first-order valence-corrected chi connectivity index (χ1v) is 18.4. The molecule has 5 N–H and O–H groups in total. The van der Waals surface area contributed by atoms with Crippen LogP contribution in [0.25, 0.3) is 21.8 Å². The highest BCUT2D eigenvalue weighted by atomic mass is 16.3. The molecule has 2 aromatic carbocycles. The molecule has 2 aromatic heterocycles. The number of aromatic nitrogens is 2. The Kier molecular flexibility index (Phi) is 12.9. The second kappa shape index (κ2) is 17.5. The molecule has 5 atom stereocenters. The van der Waals surface area contributed by atoms with E-state index < -0.39 is 6.10 Å². The third kappa shape index (κ3) is 9.27. The molecular formula is C40H52N6O6. The molecular weight excluding hydrogens is 660 g/mol. The molecule has 2 fully saturated rings. The molecule has 0 bridgehead atoms. The first kappa shape index (κ1) is 38.3. The first-order chi connectivity index (χ1) is 24.9. The smallest absolute Gasteiger partial charge is 0.268 e. The molecule has 4 amide bonds. The van der Waals surface area contributed by atoms with E-state index >= 15 is 0 Å². The van der Waals surface area contributed by atoms with E-state index in [0.29, 0.717) is 11.4 Å². The second-order valence-corrected chi connectivity index (χ2v) is 14.3. The highest BCUT2D eigenvalue weighted by Crippen LogP contribution is 2.27. The van der Waals surface area contributed by atoms with Gasteiger partial charge in [-0.05, 0) is 63.8 Å². The molecule has 2 aliphatic rings. The molecule has 0 radical (unpaired) electrons. The third-order valence-electron chi connectivity index (χ3n) is 10.3. The standard InChI is InChI=1S/C20H27N3O3.C20H25N3O3/c2*1-13(24)12-21-19(25)15-8-4-5-9-16(15)22-20(26)18-11-14-7-3-6-10-17(14)23(18)2/h3,6-7,10-11,13,15-16,24H,4-5,8-9,12H2,1-2H3,(H,21,25)(H,22,26);3,6-7,10-11,15-16H,4-5,8-9,12H2,1-2H3,(H,21,25)(H,22,26)/t13-,15-,16+;15-,16+/m11/s1. The molecule has 0 aliphatic heterocycles. The van der Waals surface area contributed by atoms with Crippen LogP contribution < -0.4 is 21.3 Å². The Morgan fingerprint density at radius 3 is 1.54 bits per heavy atom. The van der Waals surface area contributed by atoms with Crippen molar-refractivity contribution in [2.45, 2.75) is 83.4 Å². The van der Waals surface area contributed by atoms with Gasteiger partial charge in [0, 0.05) is 54.5 Å². The summed E-state index contributed by atoms with van der Waals surface area (Å²) in [6.07, 6.45) is 6.39. The number of benzene rings is 2. The molecule has 0 spiro atoms. The summed E-state index contributed by atoms with van der Waals surface area (Å²) in [5, 5.41) is 23.0. The van der Waals surface area contributed by atoms with Crippen molar-refractivity contribution in [1.82, 2.24) is 30.4 Å². The van der Waals surface area contributed by atoms with Gasteiger partial charge in [0.05, 0.1) is 24.5 Å². The Labute approximate surface area is 304 Å². The monoisotopic (exact) mass is 712 g/mol. The number of rotatable bonds is 10. The molecule has 4 aromatic rings. The maximum absolute atomic E-state index is 12.8. The van der Waals surface area contributed by atoms with E-state index in [4.69, 9.17) is 0 Å². The lowest BCUT2D eigenvalue weighted by Gasteiger charge is -2.31.